The van der Waals surface area contributed by atoms with Crippen molar-refractivity contribution in [2.24, 2.45) is 0 Å². The number of rotatable bonds is 7. The van der Waals surface area contributed by atoms with E-state index in [1.165, 1.54) is 24.3 Å². The van der Waals surface area contributed by atoms with E-state index in [0.29, 0.717) is 17.7 Å². The molecule has 0 aromatic heterocycles. The molecule has 3 aromatic carbocycles. The number of hydrogen-bond donors (Lipinski definition) is 2. The van der Waals surface area contributed by atoms with Crippen molar-refractivity contribution in [2.45, 2.75) is 31.1 Å². The smallest absolute Gasteiger partial charge is 0.313 e. The Labute approximate surface area is 170 Å². The molecule has 1 atom stereocenters. The first-order valence-electron chi connectivity index (χ1n) is 9.37. The molecular weight excluding hydrogens is 390 g/mol. The van der Waals surface area contributed by atoms with Crippen molar-refractivity contribution in [3.05, 3.63) is 66.2 Å². The van der Waals surface area contributed by atoms with Gasteiger partial charge in [0.15, 0.2) is 0 Å². The van der Waals surface area contributed by atoms with Crippen LogP contribution in [0.1, 0.15) is 31.7 Å². The number of benzene rings is 3. The van der Waals surface area contributed by atoms with Crippen molar-refractivity contribution in [3.8, 4) is 5.75 Å². The van der Waals surface area contributed by atoms with Crippen LogP contribution in [0.5, 0.6) is 5.75 Å². The number of hydrogen-bond acceptors (Lipinski definition) is 5. The van der Waals surface area contributed by atoms with Gasteiger partial charge >= 0.3 is 5.97 Å². The van der Waals surface area contributed by atoms with Crippen molar-refractivity contribution in [3.63, 3.8) is 0 Å². The summed E-state index contributed by atoms with van der Waals surface area (Å²) in [6.45, 7) is 3.84. The fourth-order valence-electron chi connectivity index (χ4n) is 3.22. The zero-order valence-electron chi connectivity index (χ0n) is 16.3. The molecule has 0 fully saturated rings. The number of anilines is 1. The molecule has 29 heavy (non-hydrogen) atoms. The molecule has 0 aliphatic heterocycles. The van der Waals surface area contributed by atoms with Crippen LogP contribution in [0.3, 0.4) is 0 Å². The zero-order valence-corrected chi connectivity index (χ0v) is 17.1. The van der Waals surface area contributed by atoms with E-state index in [1.807, 2.05) is 37.3 Å². The number of carbonyl (C=O) groups excluding carboxylic acids is 1. The first-order chi connectivity index (χ1) is 13.9. The number of sulfonamides is 1. The lowest BCUT2D eigenvalue weighted by atomic mass is 9.92. The zero-order chi connectivity index (χ0) is 21.0. The molecule has 6 nitrogen and oxygen atoms in total. The van der Waals surface area contributed by atoms with E-state index in [2.05, 4.69) is 4.72 Å². The van der Waals surface area contributed by atoms with E-state index in [-0.39, 0.29) is 17.3 Å². The minimum Gasteiger partial charge on any atom is -0.508 e. The van der Waals surface area contributed by atoms with E-state index in [0.717, 1.165) is 10.8 Å². The summed E-state index contributed by atoms with van der Waals surface area (Å²) in [7, 11) is -3.91. The monoisotopic (exact) mass is 413 g/mol. The van der Waals surface area contributed by atoms with Crippen LogP contribution in [0, 0.1) is 0 Å². The standard InChI is InChI=1S/C22H23NO5S/c1-3-19(22(25)28-4-2)20-13-15-7-5-6-8-16(15)14-21(20)23-29(26,27)18-11-9-17(24)10-12-18/h5-14,19,23-24H,3-4H2,1-2H3/t19-/m0/s1. The minimum absolute atomic E-state index is 0.0126. The third kappa shape index (κ3) is 4.51. The normalized spacial score (nSPS) is 12.5. The molecule has 0 bridgehead atoms. The second-order valence-electron chi connectivity index (χ2n) is 6.60. The van der Waals surface area contributed by atoms with Gasteiger partial charge < -0.3 is 9.84 Å². The summed E-state index contributed by atoms with van der Waals surface area (Å²) in [5, 5.41) is 11.2. The van der Waals surface area contributed by atoms with Crippen LogP contribution in [-0.2, 0) is 19.6 Å². The summed E-state index contributed by atoms with van der Waals surface area (Å²) >= 11 is 0. The summed E-state index contributed by atoms with van der Waals surface area (Å²) in [6, 6.07) is 16.4. The Kier molecular flexibility index (Phi) is 6.08. The van der Waals surface area contributed by atoms with Gasteiger partial charge in [-0.25, -0.2) is 8.42 Å². The number of phenolic OH excluding ortho intramolecular Hbond substituents is 1. The highest BCUT2D eigenvalue weighted by atomic mass is 32.2. The predicted molar refractivity (Wildman–Crippen MR) is 113 cm³/mol. The highest BCUT2D eigenvalue weighted by Crippen LogP contribution is 2.34. The van der Waals surface area contributed by atoms with E-state index in [4.69, 9.17) is 4.74 Å². The molecule has 0 unspecified atom stereocenters. The molecule has 2 N–H and O–H groups in total. The number of carbonyl (C=O) groups is 1. The minimum atomic E-state index is -3.91. The van der Waals surface area contributed by atoms with Gasteiger partial charge in [-0.1, -0.05) is 31.2 Å². The Bertz CT molecular complexity index is 1120. The van der Waals surface area contributed by atoms with Gasteiger partial charge in [0.25, 0.3) is 10.0 Å². The first-order valence-corrected chi connectivity index (χ1v) is 10.8. The molecule has 0 amide bonds. The molecular formula is C22H23NO5S. The van der Waals surface area contributed by atoms with Gasteiger partial charge in [0.05, 0.1) is 23.1 Å². The molecule has 0 radical (unpaired) electrons. The van der Waals surface area contributed by atoms with Crippen LogP contribution >= 0.6 is 0 Å². The molecule has 0 aliphatic rings. The van der Waals surface area contributed by atoms with Gasteiger partial charge in [0, 0.05) is 0 Å². The molecule has 3 aromatic rings. The van der Waals surface area contributed by atoms with Gasteiger partial charge in [0.1, 0.15) is 5.75 Å². The van der Waals surface area contributed by atoms with Gasteiger partial charge in [-0.05, 0) is 66.1 Å². The van der Waals surface area contributed by atoms with Crippen LogP contribution in [-0.4, -0.2) is 26.1 Å². The molecule has 152 valence electrons. The van der Waals surface area contributed by atoms with E-state index in [9.17, 15) is 18.3 Å². The molecule has 0 saturated carbocycles. The van der Waals surface area contributed by atoms with Crippen LogP contribution in [0.4, 0.5) is 5.69 Å². The number of ether oxygens (including phenoxy) is 1. The SMILES string of the molecule is CCOC(=O)[C@@H](CC)c1cc2ccccc2cc1NS(=O)(=O)c1ccc(O)cc1. The van der Waals surface area contributed by atoms with E-state index < -0.39 is 21.9 Å². The highest BCUT2D eigenvalue weighted by molar-refractivity contribution is 7.92. The lowest BCUT2D eigenvalue weighted by molar-refractivity contribution is -0.145. The largest absolute Gasteiger partial charge is 0.508 e. The fourth-order valence-corrected chi connectivity index (χ4v) is 4.30. The Morgan fingerprint density at radius 1 is 1.03 bits per heavy atom. The fraction of sp³-hybridized carbons (Fsp3) is 0.227. The van der Waals surface area contributed by atoms with E-state index >= 15 is 0 Å². The quantitative estimate of drug-likeness (QED) is 0.560. The van der Waals surface area contributed by atoms with Crippen LogP contribution in [0.25, 0.3) is 10.8 Å². The summed E-state index contributed by atoms with van der Waals surface area (Å²) in [5.41, 5.74) is 0.892. The average Bonchev–Trinajstić information content (AvgIpc) is 2.69. The third-order valence-electron chi connectivity index (χ3n) is 4.66. The number of esters is 1. The average molecular weight is 413 g/mol. The maximum Gasteiger partial charge on any atom is 0.313 e. The Balaban J connectivity index is 2.11. The molecule has 0 heterocycles. The maximum absolute atomic E-state index is 12.9. The lowest BCUT2D eigenvalue weighted by Gasteiger charge is -2.20. The molecule has 0 spiro atoms. The summed E-state index contributed by atoms with van der Waals surface area (Å²) in [4.78, 5) is 12.5. The second-order valence-corrected chi connectivity index (χ2v) is 8.28. The Morgan fingerprint density at radius 3 is 2.24 bits per heavy atom. The topological polar surface area (TPSA) is 92.7 Å². The van der Waals surface area contributed by atoms with Crippen molar-refractivity contribution in [1.82, 2.24) is 0 Å². The molecule has 0 aliphatic carbocycles. The first kappa shape index (κ1) is 20.7. The molecule has 7 heteroatoms. The van der Waals surface area contributed by atoms with Crippen LogP contribution < -0.4 is 4.72 Å². The van der Waals surface area contributed by atoms with Crippen LogP contribution in [0.15, 0.2) is 65.6 Å². The van der Waals surface area contributed by atoms with E-state index in [1.54, 1.807) is 13.0 Å². The van der Waals surface area contributed by atoms with Gasteiger partial charge in [-0.2, -0.15) is 0 Å². The van der Waals surface area contributed by atoms with Crippen molar-refractivity contribution < 1.29 is 23.1 Å². The summed E-state index contributed by atoms with van der Waals surface area (Å²) in [6.07, 6.45) is 0.463. The maximum atomic E-state index is 12.9. The second kappa shape index (κ2) is 8.53. The van der Waals surface area contributed by atoms with Gasteiger partial charge in [-0.15, -0.1) is 0 Å². The van der Waals surface area contributed by atoms with Gasteiger partial charge in [0.2, 0.25) is 0 Å². The van der Waals surface area contributed by atoms with Crippen molar-refractivity contribution in [2.75, 3.05) is 11.3 Å². The van der Waals surface area contributed by atoms with Crippen molar-refractivity contribution in [1.29, 1.82) is 0 Å². The Hall–Kier alpha value is -3.06. The summed E-state index contributed by atoms with van der Waals surface area (Å²) < 4.78 is 33.6. The summed E-state index contributed by atoms with van der Waals surface area (Å²) in [5.74, 6) is -1.02. The van der Waals surface area contributed by atoms with Crippen LogP contribution in [0.2, 0.25) is 0 Å². The number of phenols is 1. The van der Waals surface area contributed by atoms with Gasteiger partial charge in [-0.3, -0.25) is 9.52 Å². The number of fused-ring (bicyclic) bond motifs is 1. The predicted octanol–water partition coefficient (Wildman–Crippen LogP) is 4.40. The highest BCUT2D eigenvalue weighted by Gasteiger charge is 2.26. The number of aromatic hydroxyl groups is 1. The number of nitrogens with one attached hydrogen (secondary N) is 1. The lowest BCUT2D eigenvalue weighted by Crippen LogP contribution is -2.19. The Morgan fingerprint density at radius 2 is 1.66 bits per heavy atom. The third-order valence-corrected chi connectivity index (χ3v) is 6.05. The molecule has 0 saturated heterocycles. The van der Waals surface area contributed by atoms with Crippen molar-refractivity contribution >= 4 is 32.5 Å². The molecule has 3 rings (SSSR count).